The van der Waals surface area contributed by atoms with Crippen LogP contribution < -0.4 is 4.98 Å². The first kappa shape index (κ1) is 35.4. The van der Waals surface area contributed by atoms with E-state index in [9.17, 15) is 0 Å². The number of fused-ring (bicyclic) bond motifs is 3. The van der Waals surface area contributed by atoms with Gasteiger partial charge in [-0.15, -0.1) is 11.0 Å². The molecule has 0 fully saturated rings. The average molecular weight is 802 g/mol. The van der Waals surface area contributed by atoms with E-state index in [0.29, 0.717) is 34.9 Å². The van der Waals surface area contributed by atoms with Gasteiger partial charge >= 0.3 is 28.4 Å². The molecule has 0 amide bonds. The van der Waals surface area contributed by atoms with Crippen molar-refractivity contribution in [3.05, 3.63) is 124 Å². The zero-order valence-electron chi connectivity index (χ0n) is 28.4. The van der Waals surface area contributed by atoms with Crippen LogP contribution >= 0.6 is 0 Å². The number of hydrogen-bond acceptors (Lipinski definition) is 1. The van der Waals surface area contributed by atoms with E-state index in [1.54, 1.807) is 12.1 Å². The monoisotopic (exact) mass is 801 g/mol. The zero-order valence-corrected chi connectivity index (χ0v) is 30.6. The normalized spacial score (nSPS) is 12.2. The number of rotatable bonds is 6. The maximum Gasteiger partial charge on any atom is 1.00 e. The number of para-hydroxylation sites is 2. The Bertz CT molecular complexity index is 1930. The third-order valence-electron chi connectivity index (χ3n) is 8.51. The molecule has 0 saturated heterocycles. The van der Waals surface area contributed by atoms with E-state index in [0.717, 1.165) is 21.8 Å². The molecule has 6 heteroatoms. The van der Waals surface area contributed by atoms with Crippen molar-refractivity contribution >= 4 is 44.9 Å². The molecule has 5 aromatic rings. The number of aromatic nitrogens is 1. The minimum Gasteiger partial charge on any atom is -0.657 e. The number of hydrogen-bond donors (Lipinski definition) is 0. The van der Waals surface area contributed by atoms with E-state index >= 15 is 0 Å². The Labute approximate surface area is 294 Å². The Balaban J connectivity index is 0.000000236. The van der Waals surface area contributed by atoms with Gasteiger partial charge < -0.3 is 4.98 Å². The van der Waals surface area contributed by atoms with Crippen molar-refractivity contribution in [2.24, 2.45) is 0 Å². The minimum atomic E-state index is 0. The second-order valence-corrected chi connectivity index (χ2v) is 13.1. The molecule has 5 nitrogen and oxygen atoms in total. The topological polar surface area (TPSA) is 48.3 Å². The summed E-state index contributed by atoms with van der Waals surface area (Å²) in [6, 6.07) is 30.0. The van der Waals surface area contributed by atoms with Crippen molar-refractivity contribution in [3.63, 3.8) is 0 Å². The van der Waals surface area contributed by atoms with E-state index in [1.165, 1.54) is 33.6 Å². The maximum atomic E-state index is 8.89. The summed E-state index contributed by atoms with van der Waals surface area (Å²) in [5, 5.41) is 10.8. The van der Waals surface area contributed by atoms with Crippen LogP contribution in [0.15, 0.2) is 85.2 Å². The third-order valence-corrected chi connectivity index (χ3v) is 8.51. The van der Waals surface area contributed by atoms with Crippen molar-refractivity contribution < 1.29 is 31.5 Å². The van der Waals surface area contributed by atoms with Crippen molar-refractivity contribution in [3.8, 4) is 6.07 Å². The molecule has 1 aliphatic heterocycles. The maximum absolute atomic E-state index is 8.89. The van der Waals surface area contributed by atoms with Crippen LogP contribution in [0.25, 0.3) is 26.7 Å². The van der Waals surface area contributed by atoms with E-state index in [4.69, 9.17) is 11.8 Å². The first-order chi connectivity index (χ1) is 22.0. The fraction of sp³-hybridized carbons (Fsp3) is 0.293. The fourth-order valence-corrected chi connectivity index (χ4v) is 6.10. The second kappa shape index (κ2) is 15.0. The molecule has 0 radical (unpaired) electrons. The van der Waals surface area contributed by atoms with Gasteiger partial charge in [0.05, 0.1) is 18.2 Å². The van der Waals surface area contributed by atoms with E-state index < -0.39 is 0 Å². The molecule has 0 bridgehead atoms. The summed E-state index contributed by atoms with van der Waals surface area (Å²) in [6.45, 7) is 25.2. The quantitative estimate of drug-likeness (QED) is 0.0975. The Morgan fingerprint density at radius 3 is 1.49 bits per heavy atom. The molecule has 0 spiro atoms. The van der Waals surface area contributed by atoms with Gasteiger partial charge in [-0.05, 0) is 52.6 Å². The summed E-state index contributed by atoms with van der Waals surface area (Å²) < 4.78 is 4.40. The molecule has 2 heterocycles. The molecule has 240 valence electrons. The molecule has 1 aliphatic rings. The molecule has 0 aliphatic carbocycles. The summed E-state index contributed by atoms with van der Waals surface area (Å²) >= 11 is 0. The summed E-state index contributed by atoms with van der Waals surface area (Å²) in [5.74, 6) is 1.84. The van der Waals surface area contributed by atoms with Crippen LogP contribution in [0.3, 0.4) is 0 Å². The van der Waals surface area contributed by atoms with Crippen molar-refractivity contribution in [2.45, 2.75) is 79.1 Å². The van der Waals surface area contributed by atoms with Gasteiger partial charge in [-0.2, -0.15) is 5.26 Å². The summed E-state index contributed by atoms with van der Waals surface area (Å²) in [7, 11) is 0. The van der Waals surface area contributed by atoms with E-state index in [1.807, 2.05) is 24.3 Å². The Morgan fingerprint density at radius 1 is 0.660 bits per heavy atom. The van der Waals surface area contributed by atoms with Gasteiger partial charge in [-0.1, -0.05) is 119 Å². The van der Waals surface area contributed by atoms with Gasteiger partial charge in [0.25, 0.3) is 12.4 Å². The van der Waals surface area contributed by atoms with Crippen LogP contribution in [-0.4, -0.2) is 15.2 Å². The summed E-state index contributed by atoms with van der Waals surface area (Å²) in [6.07, 6.45) is 4.32. The SMILES string of the molecule is CC(C)c1cccc(C(C)C)c1[N+]1=C=[N+](c2c(C(C)C)cccc2C(C)C)C=C1.[Au+].[C-]#[N+]c1ccc2[n-]c3ccc(C#N)cc3c2c1. The smallest absolute Gasteiger partial charge is 0.657 e. The van der Waals surface area contributed by atoms with E-state index in [-0.39, 0.29) is 22.4 Å². The van der Waals surface area contributed by atoms with Gasteiger partial charge in [0, 0.05) is 22.3 Å². The van der Waals surface area contributed by atoms with Crippen molar-refractivity contribution in [1.29, 1.82) is 5.26 Å². The zero-order chi connectivity index (χ0) is 33.1. The molecule has 0 saturated carbocycles. The molecule has 4 aromatic carbocycles. The first-order valence-electron chi connectivity index (χ1n) is 16.1. The fourth-order valence-electron chi connectivity index (χ4n) is 6.10. The van der Waals surface area contributed by atoms with E-state index in [2.05, 4.69) is 135 Å². The first-order valence-corrected chi connectivity index (χ1v) is 16.1. The Morgan fingerprint density at radius 2 is 1.09 bits per heavy atom. The van der Waals surface area contributed by atoms with Crippen LogP contribution in [0.2, 0.25) is 0 Å². The molecule has 6 rings (SSSR count). The standard InChI is InChI=1S/C27H36N2.C14H6N3.Au/c1-18(2)22-11-9-12-23(19(3)4)26(22)28-15-16-29(17-28)27-24(20(5)6)13-10-14-25(27)21(7)8;1-16-10-3-5-14-12(7-10)11-6-9(8-15)2-4-13(11)17-14;/h9-16,18-21H,1-8H3;2-7H;/q+2;-1;+1. The largest absolute Gasteiger partial charge is 1.00 e. The van der Waals surface area contributed by atoms with Crippen LogP contribution in [0.5, 0.6) is 0 Å². The molecular formula is C41H42AuN5+2. The molecule has 1 aromatic heterocycles. The summed E-state index contributed by atoms with van der Waals surface area (Å²) in [4.78, 5) is 7.86. The molecule has 0 unspecified atom stereocenters. The second-order valence-electron chi connectivity index (χ2n) is 13.1. The van der Waals surface area contributed by atoms with Crippen molar-refractivity contribution in [1.82, 2.24) is 4.98 Å². The number of benzene rings is 4. The van der Waals surface area contributed by atoms with Crippen LogP contribution in [-0.2, 0) is 22.4 Å². The van der Waals surface area contributed by atoms with Crippen LogP contribution in [0.4, 0.5) is 17.1 Å². The number of nitriles is 1. The van der Waals surface area contributed by atoms with Gasteiger partial charge in [-0.25, -0.2) is 4.85 Å². The third kappa shape index (κ3) is 7.26. The minimum absolute atomic E-state index is 0. The Kier molecular flexibility index (Phi) is 11.3. The number of nitrogens with zero attached hydrogens (tertiary/aromatic N) is 5. The van der Waals surface area contributed by atoms with Gasteiger partial charge in [0.15, 0.2) is 5.69 Å². The predicted molar refractivity (Wildman–Crippen MR) is 189 cm³/mol. The Hall–Kier alpha value is -4.48. The van der Waals surface area contributed by atoms with Gasteiger partial charge in [0.2, 0.25) is 11.4 Å². The molecular weight excluding hydrogens is 759 g/mol. The van der Waals surface area contributed by atoms with Gasteiger partial charge in [0.1, 0.15) is 0 Å². The van der Waals surface area contributed by atoms with Gasteiger partial charge in [-0.3, -0.25) is 0 Å². The average Bonchev–Trinajstić information content (AvgIpc) is 3.68. The predicted octanol–water partition coefficient (Wildman–Crippen LogP) is 11.2. The molecule has 0 N–H and O–H groups in total. The van der Waals surface area contributed by atoms with Crippen molar-refractivity contribution in [2.75, 3.05) is 0 Å². The molecule has 0 atom stereocenters. The van der Waals surface area contributed by atoms with Crippen LogP contribution in [0, 0.1) is 17.9 Å². The molecule has 47 heavy (non-hydrogen) atoms. The van der Waals surface area contributed by atoms with Crippen LogP contribution in [0.1, 0.15) is 107 Å². The summed E-state index contributed by atoms with van der Waals surface area (Å²) in [5.41, 5.74) is 11.0.